The van der Waals surface area contributed by atoms with E-state index in [1.54, 1.807) is 18.0 Å². The number of nitrogen functional groups attached to an aromatic ring is 1. The Bertz CT molecular complexity index is 585. The predicted molar refractivity (Wildman–Crippen MR) is 68.0 cm³/mol. The monoisotopic (exact) mass is 268 g/mol. The van der Waals surface area contributed by atoms with Gasteiger partial charge in [0.25, 0.3) is 0 Å². The van der Waals surface area contributed by atoms with Crippen LogP contribution in [0.5, 0.6) is 5.75 Å². The number of halogens is 2. The van der Waals surface area contributed by atoms with Gasteiger partial charge in [0, 0.05) is 25.2 Å². The summed E-state index contributed by atoms with van der Waals surface area (Å²) in [5.41, 5.74) is 6.31. The highest BCUT2D eigenvalue weighted by molar-refractivity contribution is 5.51. The first-order valence-corrected chi connectivity index (χ1v) is 5.55. The Balaban J connectivity index is 2.23. The molecule has 102 valence electrons. The van der Waals surface area contributed by atoms with Crippen molar-refractivity contribution in [2.45, 2.75) is 6.54 Å². The molecule has 0 aliphatic rings. The second-order valence-electron chi connectivity index (χ2n) is 4.11. The van der Waals surface area contributed by atoms with Gasteiger partial charge in [-0.15, -0.1) is 0 Å². The number of hydrogen-bond donors (Lipinski definition) is 2. The first-order chi connectivity index (χ1) is 9.01. The molecule has 1 aromatic carbocycles. The molecule has 0 aliphatic heterocycles. The molecule has 0 aliphatic carbocycles. The van der Waals surface area contributed by atoms with Gasteiger partial charge < -0.3 is 15.4 Å². The number of benzene rings is 1. The summed E-state index contributed by atoms with van der Waals surface area (Å²) in [5, 5.41) is 6.47. The average Bonchev–Trinajstić information content (AvgIpc) is 2.77. The van der Waals surface area contributed by atoms with Crippen LogP contribution in [-0.2, 0) is 6.54 Å². The summed E-state index contributed by atoms with van der Waals surface area (Å²) in [6.45, 7) is 0.326. The van der Waals surface area contributed by atoms with E-state index in [2.05, 4.69) is 10.2 Å². The van der Waals surface area contributed by atoms with E-state index in [0.29, 0.717) is 18.1 Å². The van der Waals surface area contributed by atoms with Crippen molar-refractivity contribution >= 4 is 11.5 Å². The van der Waals surface area contributed by atoms with E-state index < -0.39 is 11.6 Å². The van der Waals surface area contributed by atoms with Gasteiger partial charge in [-0.2, -0.15) is 5.10 Å². The van der Waals surface area contributed by atoms with Crippen LogP contribution in [-0.4, -0.2) is 24.4 Å². The van der Waals surface area contributed by atoms with E-state index in [0.717, 1.165) is 12.1 Å². The molecule has 3 N–H and O–H groups in total. The van der Waals surface area contributed by atoms with Gasteiger partial charge in [0.05, 0.1) is 25.0 Å². The van der Waals surface area contributed by atoms with E-state index in [1.165, 1.54) is 7.11 Å². The Morgan fingerprint density at radius 3 is 2.63 bits per heavy atom. The molecule has 0 radical (unpaired) electrons. The summed E-state index contributed by atoms with van der Waals surface area (Å²) in [6.07, 6.45) is 0. The molecule has 0 spiro atoms. The predicted octanol–water partition coefficient (Wildman–Crippen LogP) is 1.92. The van der Waals surface area contributed by atoms with Crippen molar-refractivity contribution in [2.24, 2.45) is 0 Å². The lowest BCUT2D eigenvalue weighted by molar-refractivity contribution is 0.383. The second-order valence-corrected chi connectivity index (χ2v) is 4.11. The summed E-state index contributed by atoms with van der Waals surface area (Å²) >= 11 is 0. The zero-order chi connectivity index (χ0) is 14.0. The molecular weight excluding hydrogens is 254 g/mol. The number of aromatic nitrogens is 2. The van der Waals surface area contributed by atoms with Gasteiger partial charge in [-0.25, -0.2) is 8.78 Å². The lowest BCUT2D eigenvalue weighted by Gasteiger charge is -2.19. The van der Waals surface area contributed by atoms with Gasteiger partial charge in [-0.1, -0.05) is 0 Å². The van der Waals surface area contributed by atoms with E-state index >= 15 is 0 Å². The normalized spacial score (nSPS) is 10.5. The van der Waals surface area contributed by atoms with Crippen LogP contribution in [0.25, 0.3) is 0 Å². The van der Waals surface area contributed by atoms with E-state index in [1.807, 2.05) is 0 Å². The molecule has 0 saturated carbocycles. The van der Waals surface area contributed by atoms with Crippen molar-refractivity contribution < 1.29 is 13.5 Å². The maximum Gasteiger partial charge on any atom is 0.167 e. The Morgan fingerprint density at radius 2 is 2.05 bits per heavy atom. The van der Waals surface area contributed by atoms with Crippen LogP contribution < -0.4 is 15.4 Å². The molecule has 19 heavy (non-hydrogen) atoms. The minimum absolute atomic E-state index is 0.125. The lowest BCUT2D eigenvalue weighted by atomic mass is 10.2. The van der Waals surface area contributed by atoms with Crippen molar-refractivity contribution in [1.29, 1.82) is 0 Å². The second kappa shape index (κ2) is 5.13. The highest BCUT2D eigenvalue weighted by Gasteiger charge is 2.14. The number of nitrogens with two attached hydrogens (primary N) is 1. The number of anilines is 2. The third-order valence-electron chi connectivity index (χ3n) is 2.69. The molecule has 0 saturated heterocycles. The van der Waals surface area contributed by atoms with Gasteiger partial charge in [0.1, 0.15) is 11.6 Å². The van der Waals surface area contributed by atoms with Crippen LogP contribution in [0.4, 0.5) is 20.3 Å². The number of rotatable bonds is 4. The molecule has 0 unspecified atom stereocenters. The summed E-state index contributed by atoms with van der Waals surface area (Å²) in [6, 6.07) is 3.74. The molecule has 0 bridgehead atoms. The smallest absolute Gasteiger partial charge is 0.167 e. The van der Waals surface area contributed by atoms with E-state index in [4.69, 9.17) is 10.5 Å². The van der Waals surface area contributed by atoms with Crippen molar-refractivity contribution in [2.75, 3.05) is 24.8 Å². The quantitative estimate of drug-likeness (QED) is 0.889. The highest BCUT2D eigenvalue weighted by Crippen LogP contribution is 2.27. The zero-order valence-electron chi connectivity index (χ0n) is 10.6. The SMILES string of the molecule is COc1cc(F)c(N(C)Cc2cc(N)n[nH]2)cc1F. The van der Waals surface area contributed by atoms with Crippen molar-refractivity contribution in [1.82, 2.24) is 10.2 Å². The first kappa shape index (κ1) is 13.1. The number of ether oxygens (including phenoxy) is 1. The van der Waals surface area contributed by atoms with Crippen LogP contribution in [0.2, 0.25) is 0 Å². The number of hydrogen-bond acceptors (Lipinski definition) is 4. The van der Waals surface area contributed by atoms with Crippen molar-refractivity contribution in [3.8, 4) is 5.75 Å². The molecule has 1 aromatic heterocycles. The van der Waals surface area contributed by atoms with Gasteiger partial charge in [0.2, 0.25) is 0 Å². The van der Waals surface area contributed by atoms with Gasteiger partial charge in [-0.05, 0) is 0 Å². The van der Waals surface area contributed by atoms with Gasteiger partial charge >= 0.3 is 0 Å². The van der Waals surface area contributed by atoms with Crippen LogP contribution in [0, 0.1) is 11.6 Å². The van der Waals surface area contributed by atoms with Crippen LogP contribution in [0.15, 0.2) is 18.2 Å². The highest BCUT2D eigenvalue weighted by atomic mass is 19.1. The number of methoxy groups -OCH3 is 1. The largest absolute Gasteiger partial charge is 0.494 e. The van der Waals surface area contributed by atoms with Crippen molar-refractivity contribution in [3.05, 3.63) is 35.5 Å². The minimum Gasteiger partial charge on any atom is -0.494 e. The van der Waals surface area contributed by atoms with Crippen molar-refractivity contribution in [3.63, 3.8) is 0 Å². The molecule has 1 heterocycles. The molecular formula is C12H14F2N4O. The number of nitrogens with zero attached hydrogens (tertiary/aromatic N) is 2. The summed E-state index contributed by atoms with van der Waals surface area (Å²) in [4.78, 5) is 1.55. The van der Waals surface area contributed by atoms with E-state index in [-0.39, 0.29) is 11.4 Å². The number of H-pyrrole nitrogens is 1. The zero-order valence-corrected chi connectivity index (χ0v) is 10.6. The third-order valence-corrected chi connectivity index (χ3v) is 2.69. The summed E-state index contributed by atoms with van der Waals surface area (Å²) < 4.78 is 32.1. The average molecular weight is 268 g/mol. The van der Waals surface area contributed by atoms with Gasteiger partial charge in [0.15, 0.2) is 11.6 Å². The Morgan fingerprint density at radius 1 is 1.32 bits per heavy atom. The molecule has 2 aromatic rings. The molecule has 2 rings (SSSR count). The summed E-state index contributed by atoms with van der Waals surface area (Å²) in [5.74, 6) is -0.951. The standard InChI is InChI=1S/C12H14F2N4O/c1-18(6-7-3-12(15)17-16-7)10-4-9(14)11(19-2)5-8(10)13/h3-5H,6H2,1-2H3,(H3,15,16,17). The number of aromatic amines is 1. The number of nitrogens with one attached hydrogen (secondary N) is 1. The minimum atomic E-state index is -0.616. The fourth-order valence-corrected chi connectivity index (χ4v) is 1.77. The topological polar surface area (TPSA) is 67.2 Å². The van der Waals surface area contributed by atoms with Crippen LogP contribution in [0.1, 0.15) is 5.69 Å². The Kier molecular flexibility index (Phi) is 3.55. The maximum absolute atomic E-state index is 13.8. The van der Waals surface area contributed by atoms with Crippen LogP contribution >= 0.6 is 0 Å². The fourth-order valence-electron chi connectivity index (χ4n) is 1.77. The summed E-state index contributed by atoms with van der Waals surface area (Å²) in [7, 11) is 2.93. The molecule has 5 nitrogen and oxygen atoms in total. The molecule has 7 heteroatoms. The third kappa shape index (κ3) is 2.75. The molecule has 0 atom stereocenters. The lowest BCUT2D eigenvalue weighted by Crippen LogP contribution is -2.18. The maximum atomic E-state index is 13.8. The Hall–Kier alpha value is -2.31. The van der Waals surface area contributed by atoms with Gasteiger partial charge in [-0.3, -0.25) is 5.10 Å². The van der Waals surface area contributed by atoms with E-state index in [9.17, 15) is 8.78 Å². The molecule has 0 fully saturated rings. The fraction of sp³-hybridized carbons (Fsp3) is 0.250. The Labute approximate surface area is 109 Å². The first-order valence-electron chi connectivity index (χ1n) is 5.55. The van der Waals surface area contributed by atoms with Crippen LogP contribution in [0.3, 0.4) is 0 Å². The molecule has 0 amide bonds.